The Morgan fingerprint density at radius 1 is 0.406 bits per heavy atom. The molecule has 0 atom stereocenters. The van der Waals surface area contributed by atoms with Crippen LogP contribution >= 0.6 is 44.9 Å². The summed E-state index contributed by atoms with van der Waals surface area (Å²) in [6.07, 6.45) is 2.41. The first-order valence-corrected chi connectivity index (χ1v) is 19.8. The van der Waals surface area contributed by atoms with Gasteiger partial charge >= 0.3 is 42.1 Å². The predicted molar refractivity (Wildman–Crippen MR) is 145 cm³/mol. The molecule has 0 saturated carbocycles. The van der Waals surface area contributed by atoms with E-state index in [-0.39, 0.29) is 15.8 Å². The van der Waals surface area contributed by atoms with Crippen molar-refractivity contribution in [3.05, 3.63) is 121 Å². The third-order valence-corrected chi connectivity index (χ3v) is 10.2. The zero-order valence-electron chi connectivity index (χ0n) is 17.3. The molecule has 0 aliphatic rings. The van der Waals surface area contributed by atoms with Crippen molar-refractivity contribution in [1.29, 1.82) is 0 Å². The number of benzene rings is 4. The Hall–Kier alpha value is -0.767. The van der Waals surface area contributed by atoms with Crippen LogP contribution in [-0.2, 0) is 13.0 Å². The van der Waals surface area contributed by atoms with E-state index in [9.17, 15) is 0 Å². The summed E-state index contributed by atoms with van der Waals surface area (Å²) in [4.78, 5) is 0. The van der Waals surface area contributed by atoms with Crippen LogP contribution < -0.4 is 21.2 Å². The van der Waals surface area contributed by atoms with Crippen molar-refractivity contribution < 1.29 is 13.0 Å². The van der Waals surface area contributed by atoms with Gasteiger partial charge in [-0.15, -0.1) is 0 Å². The fourth-order valence-corrected chi connectivity index (χ4v) is 8.80. The Morgan fingerprint density at radius 3 is 0.781 bits per heavy atom. The van der Waals surface area contributed by atoms with Crippen molar-refractivity contribution in [1.82, 2.24) is 0 Å². The molecule has 6 heteroatoms. The maximum absolute atomic E-state index is 4.95. The Kier molecular flexibility index (Phi) is 11.7. The molecule has 0 saturated heterocycles. The van der Waals surface area contributed by atoms with Crippen molar-refractivity contribution >= 4 is 66.1 Å². The van der Waals surface area contributed by atoms with Crippen LogP contribution in [0.3, 0.4) is 0 Å². The summed E-state index contributed by atoms with van der Waals surface area (Å²) in [5.74, 6) is 0. The summed E-state index contributed by atoms with van der Waals surface area (Å²) < 4.78 is 0. The van der Waals surface area contributed by atoms with Gasteiger partial charge < -0.3 is 0 Å². The first-order chi connectivity index (χ1) is 15.6. The van der Waals surface area contributed by atoms with Crippen LogP contribution in [0.2, 0.25) is 0 Å². The SMILES string of the molecule is [Cl][Ru]([Cl])[Cl].c1ccc(P(CCP(c2ccccc2)c2ccccc2)c2ccccc2)cc1. The molecule has 0 heterocycles. The minimum Gasteiger partial charge on any atom is -0.0622 e. The quantitative estimate of drug-likeness (QED) is 0.153. The minimum absolute atomic E-state index is 0.348. The van der Waals surface area contributed by atoms with E-state index in [1.54, 1.807) is 0 Å². The standard InChI is InChI=1S/C26H24P2.3ClH.Ru/c1-5-13-23(14-6-1)27(24-15-7-2-8-16-24)21-22-28(25-17-9-3-10-18-25)26-19-11-4-12-20-26;;;;/h1-20H,21-22H2;3*1H;/q;;;;+3/p-3. The van der Waals surface area contributed by atoms with Crippen molar-refractivity contribution in [3.8, 4) is 0 Å². The first kappa shape index (κ1) is 25.8. The van der Waals surface area contributed by atoms with Crippen molar-refractivity contribution in [2.24, 2.45) is 0 Å². The molecule has 4 aromatic carbocycles. The Morgan fingerprint density at radius 2 is 0.594 bits per heavy atom. The second-order valence-corrected chi connectivity index (χ2v) is 19.4. The van der Waals surface area contributed by atoms with Gasteiger partial charge in [-0.2, -0.15) is 0 Å². The van der Waals surface area contributed by atoms with E-state index in [4.69, 9.17) is 29.1 Å². The van der Waals surface area contributed by atoms with E-state index >= 15 is 0 Å². The van der Waals surface area contributed by atoms with E-state index in [2.05, 4.69) is 121 Å². The molecule has 4 aromatic rings. The van der Waals surface area contributed by atoms with Gasteiger partial charge in [0.15, 0.2) is 0 Å². The van der Waals surface area contributed by atoms with Crippen molar-refractivity contribution in [3.63, 3.8) is 0 Å². The summed E-state index contributed by atoms with van der Waals surface area (Å²) in [6, 6.07) is 44.2. The summed E-state index contributed by atoms with van der Waals surface area (Å²) in [6.45, 7) is 0. The van der Waals surface area contributed by atoms with E-state index in [1.807, 2.05) is 0 Å². The summed E-state index contributed by atoms with van der Waals surface area (Å²) >= 11 is -1.75. The van der Waals surface area contributed by atoms with Crippen LogP contribution in [-0.4, -0.2) is 12.3 Å². The second kappa shape index (κ2) is 14.5. The van der Waals surface area contributed by atoms with Crippen LogP contribution in [0, 0.1) is 0 Å². The molecule has 167 valence electrons. The van der Waals surface area contributed by atoms with Gasteiger partial charge in [-0.25, -0.2) is 0 Å². The van der Waals surface area contributed by atoms with Crippen molar-refractivity contribution in [2.45, 2.75) is 0 Å². The normalized spacial score (nSPS) is 11.1. The van der Waals surface area contributed by atoms with Crippen LogP contribution in [0.15, 0.2) is 121 Å². The zero-order valence-corrected chi connectivity index (χ0v) is 23.1. The molecule has 0 aliphatic heterocycles. The maximum atomic E-state index is 4.95. The number of rotatable bonds is 7. The van der Waals surface area contributed by atoms with E-state index in [0.717, 1.165) is 0 Å². The molecule has 0 aliphatic carbocycles. The number of halogens is 3. The van der Waals surface area contributed by atoms with Gasteiger partial charge in [0, 0.05) is 0 Å². The van der Waals surface area contributed by atoms with Gasteiger partial charge in [0.1, 0.15) is 0 Å². The second-order valence-electron chi connectivity index (χ2n) is 6.80. The van der Waals surface area contributed by atoms with Gasteiger partial charge in [0.25, 0.3) is 0 Å². The third kappa shape index (κ3) is 8.54. The third-order valence-electron chi connectivity index (χ3n) is 4.82. The maximum Gasteiger partial charge on any atom is -0.0195 e. The monoisotopic (exact) mass is 605 g/mol. The molecule has 0 amide bonds. The van der Waals surface area contributed by atoms with E-state index < -0.39 is 13.0 Å². The molecule has 0 aromatic heterocycles. The number of hydrogen-bond donors (Lipinski definition) is 0. The molecule has 0 fully saturated rings. The molecule has 0 nitrogen and oxygen atoms in total. The van der Waals surface area contributed by atoms with E-state index in [1.165, 1.54) is 33.5 Å². The van der Waals surface area contributed by atoms with Crippen LogP contribution in [0.4, 0.5) is 0 Å². The fraction of sp³-hybridized carbons (Fsp3) is 0.0769. The largest absolute Gasteiger partial charge is 0.0622 e. The van der Waals surface area contributed by atoms with Crippen LogP contribution in [0.5, 0.6) is 0 Å². The smallest absolute Gasteiger partial charge is 0.0195 e. The fourth-order valence-electron chi connectivity index (χ4n) is 3.45. The van der Waals surface area contributed by atoms with Gasteiger partial charge in [-0.05, 0) is 49.4 Å². The topological polar surface area (TPSA) is 0 Å². The van der Waals surface area contributed by atoms with Gasteiger partial charge in [-0.3, -0.25) is 0 Å². The van der Waals surface area contributed by atoms with Gasteiger partial charge in [0.2, 0.25) is 0 Å². The minimum atomic E-state index is -1.75. The van der Waals surface area contributed by atoms with Crippen LogP contribution in [0.1, 0.15) is 0 Å². The molecular formula is C26H24Cl3P2Ru. The van der Waals surface area contributed by atoms with Crippen molar-refractivity contribution in [2.75, 3.05) is 12.3 Å². The molecule has 4 rings (SSSR count). The zero-order chi connectivity index (χ0) is 22.6. The molecule has 0 N–H and O–H groups in total. The summed E-state index contributed by atoms with van der Waals surface area (Å²) in [5, 5.41) is 5.89. The molecule has 0 unspecified atom stereocenters. The Bertz CT molecular complexity index is 855. The van der Waals surface area contributed by atoms with Gasteiger partial charge in [-0.1, -0.05) is 121 Å². The first-order valence-electron chi connectivity index (χ1n) is 10.1. The molecule has 32 heavy (non-hydrogen) atoms. The average molecular weight is 606 g/mol. The summed E-state index contributed by atoms with van der Waals surface area (Å²) in [7, 11) is 14.2. The van der Waals surface area contributed by atoms with E-state index in [0.29, 0.717) is 0 Å². The molecule has 0 radical (unpaired) electrons. The molecule has 0 spiro atoms. The number of hydrogen-bond acceptors (Lipinski definition) is 0. The Balaban J connectivity index is 0.000000668. The molecular weight excluding hydrogens is 582 g/mol. The Labute approximate surface area is 211 Å². The summed E-state index contributed by atoms with van der Waals surface area (Å²) in [5.41, 5.74) is 0. The van der Waals surface area contributed by atoms with Crippen LogP contribution in [0.25, 0.3) is 0 Å². The van der Waals surface area contributed by atoms with Gasteiger partial charge in [0.05, 0.1) is 0 Å². The predicted octanol–water partition coefficient (Wildman–Crippen LogP) is 7.32. The molecule has 0 bridgehead atoms. The average Bonchev–Trinajstić information content (AvgIpc) is 2.84.